The predicted octanol–water partition coefficient (Wildman–Crippen LogP) is 4.02. The van der Waals surface area contributed by atoms with E-state index in [4.69, 9.17) is 4.74 Å². The Hall–Kier alpha value is -1.31. The Morgan fingerprint density at radius 3 is 2.89 bits per heavy atom. The van der Waals surface area contributed by atoms with Gasteiger partial charge >= 0.3 is 0 Å². The van der Waals surface area contributed by atoms with Gasteiger partial charge in [0.05, 0.1) is 7.11 Å². The first-order valence-corrected chi connectivity index (χ1v) is 6.97. The van der Waals surface area contributed by atoms with Gasteiger partial charge in [-0.05, 0) is 43.0 Å². The fourth-order valence-electron chi connectivity index (χ4n) is 2.74. The Morgan fingerprint density at radius 2 is 2.17 bits per heavy atom. The maximum absolute atomic E-state index is 12.4. The van der Waals surface area contributed by atoms with E-state index in [0.29, 0.717) is 5.78 Å². The molecule has 1 aromatic rings. The number of Topliss-reactive ketones (excluding diaryl/α,β-unsaturated/α-hetero) is 1. The Balaban J connectivity index is 2.08. The monoisotopic (exact) mass is 246 g/mol. The third-order valence-electron chi connectivity index (χ3n) is 3.87. The highest BCUT2D eigenvalue weighted by Gasteiger charge is 2.26. The second-order valence-corrected chi connectivity index (χ2v) is 5.12. The molecule has 1 atom stereocenters. The van der Waals surface area contributed by atoms with Crippen LogP contribution in [0.5, 0.6) is 5.75 Å². The molecule has 2 nitrogen and oxygen atoms in total. The van der Waals surface area contributed by atoms with Crippen molar-refractivity contribution in [1.29, 1.82) is 0 Å². The van der Waals surface area contributed by atoms with Crippen LogP contribution >= 0.6 is 0 Å². The van der Waals surface area contributed by atoms with Gasteiger partial charge in [0.2, 0.25) is 0 Å². The van der Waals surface area contributed by atoms with E-state index in [-0.39, 0.29) is 5.92 Å². The molecule has 0 spiro atoms. The van der Waals surface area contributed by atoms with Gasteiger partial charge in [-0.1, -0.05) is 26.2 Å². The highest BCUT2D eigenvalue weighted by atomic mass is 16.5. The van der Waals surface area contributed by atoms with Gasteiger partial charge in [-0.3, -0.25) is 4.79 Å². The lowest BCUT2D eigenvalue weighted by atomic mass is 9.80. The van der Waals surface area contributed by atoms with Crippen molar-refractivity contribution in [2.75, 3.05) is 7.11 Å². The van der Waals surface area contributed by atoms with E-state index in [9.17, 15) is 4.79 Å². The Bertz CT molecular complexity index is 423. The van der Waals surface area contributed by atoms with E-state index in [2.05, 4.69) is 6.92 Å². The lowest BCUT2D eigenvalue weighted by Gasteiger charge is -2.23. The molecule has 98 valence electrons. The summed E-state index contributed by atoms with van der Waals surface area (Å²) in [5, 5.41) is 0. The SMILES string of the molecule is CCCCCC1CCc2cc(OC)ccc2C1=O. The number of methoxy groups -OCH3 is 1. The molecule has 18 heavy (non-hydrogen) atoms. The van der Waals surface area contributed by atoms with Crippen LogP contribution in [0.15, 0.2) is 18.2 Å². The topological polar surface area (TPSA) is 26.3 Å². The van der Waals surface area contributed by atoms with E-state index in [0.717, 1.165) is 36.1 Å². The molecule has 0 heterocycles. The number of hydrogen-bond acceptors (Lipinski definition) is 2. The minimum atomic E-state index is 0.248. The van der Waals surface area contributed by atoms with E-state index >= 15 is 0 Å². The lowest BCUT2D eigenvalue weighted by Crippen LogP contribution is -2.22. The van der Waals surface area contributed by atoms with Crippen molar-refractivity contribution >= 4 is 5.78 Å². The van der Waals surface area contributed by atoms with Crippen molar-refractivity contribution in [2.45, 2.75) is 45.4 Å². The van der Waals surface area contributed by atoms with Gasteiger partial charge in [0, 0.05) is 11.5 Å². The number of unbranched alkanes of at least 4 members (excludes halogenated alkanes) is 2. The zero-order valence-corrected chi connectivity index (χ0v) is 11.4. The molecule has 2 rings (SSSR count). The summed E-state index contributed by atoms with van der Waals surface area (Å²) in [6, 6.07) is 5.84. The number of fused-ring (bicyclic) bond motifs is 1. The Labute approximate surface area is 109 Å². The van der Waals surface area contributed by atoms with Crippen LogP contribution in [0.4, 0.5) is 0 Å². The van der Waals surface area contributed by atoms with E-state index < -0.39 is 0 Å². The standard InChI is InChI=1S/C16H22O2/c1-3-4-5-6-12-7-8-13-11-14(18-2)9-10-15(13)16(12)17/h9-12H,3-8H2,1-2H3. The largest absolute Gasteiger partial charge is 0.497 e. The normalized spacial score (nSPS) is 18.6. The van der Waals surface area contributed by atoms with Crippen LogP contribution in [0, 0.1) is 5.92 Å². The number of hydrogen-bond donors (Lipinski definition) is 0. The number of aryl methyl sites for hydroxylation is 1. The van der Waals surface area contributed by atoms with E-state index in [1.165, 1.54) is 19.3 Å². The minimum absolute atomic E-state index is 0.248. The molecule has 0 aliphatic heterocycles. The lowest BCUT2D eigenvalue weighted by molar-refractivity contribution is 0.0892. The van der Waals surface area contributed by atoms with Crippen LogP contribution in [0.3, 0.4) is 0 Å². The van der Waals surface area contributed by atoms with Crippen molar-refractivity contribution < 1.29 is 9.53 Å². The van der Waals surface area contributed by atoms with Crippen molar-refractivity contribution in [1.82, 2.24) is 0 Å². The van der Waals surface area contributed by atoms with Gasteiger partial charge in [0.1, 0.15) is 5.75 Å². The summed E-state index contributed by atoms with van der Waals surface area (Å²) in [6.07, 6.45) is 6.70. The average molecular weight is 246 g/mol. The van der Waals surface area contributed by atoms with Gasteiger partial charge < -0.3 is 4.74 Å². The number of ether oxygens (including phenoxy) is 1. The predicted molar refractivity (Wildman–Crippen MR) is 73.3 cm³/mol. The van der Waals surface area contributed by atoms with Crippen LogP contribution < -0.4 is 4.74 Å². The molecule has 1 unspecified atom stereocenters. The second kappa shape index (κ2) is 6.03. The van der Waals surface area contributed by atoms with Crippen molar-refractivity contribution in [3.05, 3.63) is 29.3 Å². The summed E-state index contributed by atoms with van der Waals surface area (Å²) in [7, 11) is 1.67. The van der Waals surface area contributed by atoms with Gasteiger partial charge in [0.15, 0.2) is 5.78 Å². The van der Waals surface area contributed by atoms with Crippen LogP contribution in [-0.2, 0) is 6.42 Å². The van der Waals surface area contributed by atoms with Gasteiger partial charge in [-0.15, -0.1) is 0 Å². The number of rotatable bonds is 5. The molecule has 2 heteroatoms. The molecule has 1 aliphatic rings. The van der Waals surface area contributed by atoms with Crippen LogP contribution in [0.2, 0.25) is 0 Å². The number of benzene rings is 1. The second-order valence-electron chi connectivity index (χ2n) is 5.12. The quantitative estimate of drug-likeness (QED) is 0.733. The summed E-state index contributed by atoms with van der Waals surface area (Å²) >= 11 is 0. The molecular formula is C16H22O2. The first-order valence-electron chi connectivity index (χ1n) is 6.97. The molecule has 0 N–H and O–H groups in total. The highest BCUT2D eigenvalue weighted by Crippen LogP contribution is 2.31. The zero-order valence-electron chi connectivity index (χ0n) is 11.4. The molecule has 0 aromatic heterocycles. The van der Waals surface area contributed by atoms with Crippen LogP contribution in [0.1, 0.15) is 54.9 Å². The number of ketones is 1. The smallest absolute Gasteiger partial charge is 0.166 e. The molecule has 0 saturated carbocycles. The maximum atomic E-state index is 12.4. The fourth-order valence-corrected chi connectivity index (χ4v) is 2.74. The summed E-state index contributed by atoms with van der Waals surface area (Å²) in [5.74, 6) is 1.44. The van der Waals surface area contributed by atoms with E-state index in [1.807, 2.05) is 18.2 Å². The first-order chi connectivity index (χ1) is 8.76. The zero-order chi connectivity index (χ0) is 13.0. The fraction of sp³-hybridized carbons (Fsp3) is 0.562. The maximum Gasteiger partial charge on any atom is 0.166 e. The molecule has 0 bridgehead atoms. The third kappa shape index (κ3) is 2.74. The summed E-state index contributed by atoms with van der Waals surface area (Å²) in [6.45, 7) is 2.20. The van der Waals surface area contributed by atoms with Crippen molar-refractivity contribution in [2.24, 2.45) is 5.92 Å². The Kier molecular flexibility index (Phi) is 4.40. The minimum Gasteiger partial charge on any atom is -0.497 e. The molecule has 0 radical (unpaired) electrons. The summed E-state index contributed by atoms with van der Waals surface area (Å²) < 4.78 is 5.21. The van der Waals surface area contributed by atoms with E-state index in [1.54, 1.807) is 7.11 Å². The third-order valence-corrected chi connectivity index (χ3v) is 3.87. The average Bonchev–Trinajstić information content (AvgIpc) is 2.41. The van der Waals surface area contributed by atoms with Gasteiger partial charge in [-0.2, -0.15) is 0 Å². The molecule has 1 aromatic carbocycles. The Morgan fingerprint density at radius 1 is 1.33 bits per heavy atom. The van der Waals surface area contributed by atoms with Crippen molar-refractivity contribution in [3.8, 4) is 5.75 Å². The van der Waals surface area contributed by atoms with Crippen molar-refractivity contribution in [3.63, 3.8) is 0 Å². The molecule has 0 saturated heterocycles. The number of carbonyl (C=O) groups is 1. The molecule has 0 fully saturated rings. The highest BCUT2D eigenvalue weighted by molar-refractivity contribution is 6.00. The van der Waals surface area contributed by atoms with Gasteiger partial charge in [-0.25, -0.2) is 0 Å². The first kappa shape index (κ1) is 13.1. The van der Waals surface area contributed by atoms with Crippen LogP contribution in [0.25, 0.3) is 0 Å². The molecular weight excluding hydrogens is 224 g/mol. The number of carbonyl (C=O) groups excluding carboxylic acids is 1. The van der Waals surface area contributed by atoms with Gasteiger partial charge in [0.25, 0.3) is 0 Å². The van der Waals surface area contributed by atoms with Crippen LogP contribution in [-0.4, -0.2) is 12.9 Å². The summed E-state index contributed by atoms with van der Waals surface area (Å²) in [5.41, 5.74) is 2.08. The molecule has 1 aliphatic carbocycles. The summed E-state index contributed by atoms with van der Waals surface area (Å²) in [4.78, 5) is 12.4. The molecule has 0 amide bonds.